The van der Waals surface area contributed by atoms with E-state index in [0.29, 0.717) is 11.1 Å². The summed E-state index contributed by atoms with van der Waals surface area (Å²) in [5.74, 6) is -0.458. The Balaban J connectivity index is 2.31. The van der Waals surface area contributed by atoms with Gasteiger partial charge in [0.2, 0.25) is 0 Å². The van der Waals surface area contributed by atoms with Crippen LogP contribution in [0.3, 0.4) is 0 Å². The second-order valence-corrected chi connectivity index (χ2v) is 4.44. The van der Waals surface area contributed by atoms with Crippen LogP contribution < -0.4 is 5.73 Å². The molecule has 0 spiro atoms. The molecule has 0 saturated carbocycles. The van der Waals surface area contributed by atoms with Crippen molar-refractivity contribution >= 4 is 16.9 Å². The molecule has 0 unspecified atom stereocenters. The van der Waals surface area contributed by atoms with E-state index in [1.54, 1.807) is 12.4 Å². The number of nitrogens with zero attached hydrogens (tertiary/aromatic N) is 2. The fraction of sp³-hybridized carbons (Fsp3) is 0.0667. The molecule has 0 atom stereocenters. The average molecular weight is 251 g/mol. The highest BCUT2D eigenvalue weighted by atomic mass is 16.1. The number of primary amides is 1. The molecule has 4 heteroatoms. The highest BCUT2D eigenvalue weighted by Gasteiger charge is 2.12. The zero-order valence-electron chi connectivity index (χ0n) is 10.5. The molecule has 19 heavy (non-hydrogen) atoms. The van der Waals surface area contributed by atoms with Crippen molar-refractivity contribution in [3.63, 3.8) is 0 Å². The highest BCUT2D eigenvalue weighted by molar-refractivity contribution is 6.04. The number of rotatable bonds is 2. The van der Waals surface area contributed by atoms with Crippen LogP contribution in [0.25, 0.3) is 16.7 Å². The van der Waals surface area contributed by atoms with Gasteiger partial charge in [-0.25, -0.2) is 4.98 Å². The first-order chi connectivity index (χ1) is 9.18. The van der Waals surface area contributed by atoms with Crippen LogP contribution in [0.4, 0.5) is 0 Å². The molecule has 4 nitrogen and oxygen atoms in total. The van der Waals surface area contributed by atoms with Crippen molar-refractivity contribution in [2.45, 2.75) is 6.92 Å². The first-order valence-electron chi connectivity index (χ1n) is 6.00. The van der Waals surface area contributed by atoms with Crippen molar-refractivity contribution in [2.24, 2.45) is 5.73 Å². The highest BCUT2D eigenvalue weighted by Crippen LogP contribution is 2.22. The topological polar surface area (TPSA) is 60.9 Å². The van der Waals surface area contributed by atoms with Gasteiger partial charge in [0.25, 0.3) is 5.91 Å². The minimum atomic E-state index is -0.458. The number of benzene rings is 2. The molecule has 94 valence electrons. The SMILES string of the molecule is Cc1ccccc1-n1cnc2c(C(N)=O)cccc21. The maximum Gasteiger partial charge on any atom is 0.250 e. The molecular formula is C15H13N3O. The van der Waals surface area contributed by atoms with Gasteiger partial charge in [-0.2, -0.15) is 0 Å². The van der Waals surface area contributed by atoms with Gasteiger partial charge in [0.05, 0.1) is 16.8 Å². The number of hydrogen-bond donors (Lipinski definition) is 1. The van der Waals surface area contributed by atoms with Gasteiger partial charge in [0.1, 0.15) is 11.8 Å². The second-order valence-electron chi connectivity index (χ2n) is 4.44. The summed E-state index contributed by atoms with van der Waals surface area (Å²) in [5.41, 5.74) is 9.53. The smallest absolute Gasteiger partial charge is 0.250 e. The van der Waals surface area contributed by atoms with E-state index >= 15 is 0 Å². The quantitative estimate of drug-likeness (QED) is 0.760. The number of amides is 1. The van der Waals surface area contributed by atoms with Gasteiger partial charge in [0.15, 0.2) is 0 Å². The predicted octanol–water partition coefficient (Wildman–Crippen LogP) is 2.43. The molecule has 0 fully saturated rings. The van der Waals surface area contributed by atoms with Gasteiger partial charge in [-0.15, -0.1) is 0 Å². The Morgan fingerprint density at radius 3 is 2.68 bits per heavy atom. The number of aryl methyl sites for hydroxylation is 1. The zero-order chi connectivity index (χ0) is 13.4. The first kappa shape index (κ1) is 11.5. The van der Waals surface area contributed by atoms with Gasteiger partial charge >= 0.3 is 0 Å². The van der Waals surface area contributed by atoms with E-state index in [9.17, 15) is 4.79 Å². The normalized spacial score (nSPS) is 10.8. The van der Waals surface area contributed by atoms with Gasteiger partial charge in [-0.3, -0.25) is 9.36 Å². The van der Waals surface area contributed by atoms with Crippen LogP contribution in [-0.2, 0) is 0 Å². The van der Waals surface area contributed by atoms with Gasteiger partial charge < -0.3 is 5.73 Å². The summed E-state index contributed by atoms with van der Waals surface area (Å²) in [6.45, 7) is 2.04. The van der Waals surface area contributed by atoms with Gasteiger partial charge in [-0.1, -0.05) is 24.3 Å². The number of nitrogens with two attached hydrogens (primary N) is 1. The standard InChI is InChI=1S/C15H13N3O/c1-10-5-2-3-7-12(10)18-9-17-14-11(15(16)19)6-4-8-13(14)18/h2-9H,1H3,(H2,16,19). The molecular weight excluding hydrogens is 238 g/mol. The fourth-order valence-electron chi connectivity index (χ4n) is 2.26. The maximum atomic E-state index is 11.4. The summed E-state index contributed by atoms with van der Waals surface area (Å²) in [7, 11) is 0. The zero-order valence-corrected chi connectivity index (χ0v) is 10.5. The molecule has 0 aliphatic carbocycles. The summed E-state index contributed by atoms with van der Waals surface area (Å²) in [5, 5.41) is 0. The number of fused-ring (bicyclic) bond motifs is 1. The van der Waals surface area contributed by atoms with Crippen molar-refractivity contribution in [1.29, 1.82) is 0 Å². The summed E-state index contributed by atoms with van der Waals surface area (Å²) < 4.78 is 1.97. The molecule has 0 aliphatic heterocycles. The van der Waals surface area contributed by atoms with E-state index in [0.717, 1.165) is 16.8 Å². The van der Waals surface area contributed by atoms with E-state index in [1.807, 2.05) is 47.9 Å². The van der Waals surface area contributed by atoms with Crippen LogP contribution in [-0.4, -0.2) is 15.5 Å². The van der Waals surface area contributed by atoms with E-state index in [2.05, 4.69) is 4.98 Å². The van der Waals surface area contributed by atoms with Crippen molar-refractivity contribution in [2.75, 3.05) is 0 Å². The Hall–Kier alpha value is -2.62. The Labute approximate surface area is 110 Å². The molecule has 1 aromatic heterocycles. The molecule has 0 radical (unpaired) electrons. The molecule has 3 aromatic rings. The van der Waals surface area contributed by atoms with E-state index in [1.165, 1.54) is 0 Å². The minimum Gasteiger partial charge on any atom is -0.366 e. The van der Waals surface area contributed by atoms with Crippen molar-refractivity contribution < 1.29 is 4.79 Å². The predicted molar refractivity (Wildman–Crippen MR) is 74.3 cm³/mol. The van der Waals surface area contributed by atoms with E-state index in [4.69, 9.17) is 5.73 Å². The lowest BCUT2D eigenvalue weighted by Crippen LogP contribution is -2.11. The molecule has 0 aliphatic rings. The first-order valence-corrected chi connectivity index (χ1v) is 6.00. The van der Waals surface area contributed by atoms with Crippen molar-refractivity contribution in [3.05, 3.63) is 59.9 Å². The van der Waals surface area contributed by atoms with Gasteiger partial charge in [0, 0.05) is 0 Å². The third-order valence-electron chi connectivity index (χ3n) is 3.22. The molecule has 1 heterocycles. The number of hydrogen-bond acceptors (Lipinski definition) is 2. The van der Waals surface area contributed by atoms with Gasteiger partial charge in [-0.05, 0) is 30.7 Å². The molecule has 3 rings (SSSR count). The largest absolute Gasteiger partial charge is 0.366 e. The summed E-state index contributed by atoms with van der Waals surface area (Å²) in [4.78, 5) is 15.7. The number of imidazole rings is 1. The summed E-state index contributed by atoms with van der Waals surface area (Å²) >= 11 is 0. The lowest BCUT2D eigenvalue weighted by atomic mass is 10.1. The van der Waals surface area contributed by atoms with Crippen molar-refractivity contribution in [1.82, 2.24) is 9.55 Å². The molecule has 2 N–H and O–H groups in total. The number of para-hydroxylation sites is 2. The van der Waals surface area contributed by atoms with Crippen molar-refractivity contribution in [3.8, 4) is 5.69 Å². The number of carbonyl (C=O) groups is 1. The van der Waals surface area contributed by atoms with E-state index < -0.39 is 5.91 Å². The second kappa shape index (κ2) is 4.24. The molecule has 0 saturated heterocycles. The third-order valence-corrected chi connectivity index (χ3v) is 3.22. The van der Waals surface area contributed by atoms with Crippen LogP contribution in [0.1, 0.15) is 15.9 Å². The molecule has 1 amide bonds. The monoisotopic (exact) mass is 251 g/mol. The van der Waals surface area contributed by atoms with Crippen LogP contribution in [0.15, 0.2) is 48.8 Å². The minimum absolute atomic E-state index is 0.449. The Bertz CT molecular complexity index is 774. The maximum absolute atomic E-state index is 11.4. The number of aromatic nitrogens is 2. The third kappa shape index (κ3) is 1.78. The van der Waals surface area contributed by atoms with Crippen LogP contribution in [0.2, 0.25) is 0 Å². The average Bonchev–Trinajstić information content (AvgIpc) is 2.82. The Morgan fingerprint density at radius 2 is 1.95 bits per heavy atom. The number of carbonyl (C=O) groups excluding carboxylic acids is 1. The molecule has 2 aromatic carbocycles. The Morgan fingerprint density at radius 1 is 1.16 bits per heavy atom. The van der Waals surface area contributed by atoms with E-state index in [-0.39, 0.29) is 0 Å². The lowest BCUT2D eigenvalue weighted by Gasteiger charge is -2.07. The summed E-state index contributed by atoms with van der Waals surface area (Å²) in [6.07, 6.45) is 1.72. The lowest BCUT2D eigenvalue weighted by molar-refractivity contribution is 0.100. The van der Waals surface area contributed by atoms with Crippen LogP contribution in [0, 0.1) is 6.92 Å². The van der Waals surface area contributed by atoms with Crippen LogP contribution in [0.5, 0.6) is 0 Å². The molecule has 0 bridgehead atoms. The Kier molecular flexibility index (Phi) is 2.56. The van der Waals surface area contributed by atoms with Crippen LogP contribution >= 0.6 is 0 Å². The fourth-order valence-corrected chi connectivity index (χ4v) is 2.26. The summed E-state index contributed by atoms with van der Waals surface area (Å²) in [6, 6.07) is 13.5.